The predicted octanol–water partition coefficient (Wildman–Crippen LogP) is 1.11. The van der Waals surface area contributed by atoms with Gasteiger partial charge in [0, 0.05) is 37.0 Å². The number of carbonyl (C=O) groups excluding carboxylic acids is 2. The molecule has 124 valence electrons. The Morgan fingerprint density at radius 3 is 2.74 bits per heavy atom. The van der Waals surface area contributed by atoms with Crippen molar-refractivity contribution in [1.29, 1.82) is 0 Å². The van der Waals surface area contributed by atoms with Gasteiger partial charge in [-0.1, -0.05) is 6.08 Å². The number of amides is 1. The van der Waals surface area contributed by atoms with Crippen LogP contribution in [-0.4, -0.2) is 49.8 Å². The van der Waals surface area contributed by atoms with Crippen LogP contribution in [0.5, 0.6) is 0 Å². The van der Waals surface area contributed by atoms with Gasteiger partial charge in [-0.15, -0.1) is 0 Å². The van der Waals surface area contributed by atoms with Crippen LogP contribution in [0.4, 0.5) is 5.69 Å². The molecule has 0 bridgehead atoms. The Bertz CT molecular complexity index is 568. The van der Waals surface area contributed by atoms with Crippen molar-refractivity contribution in [2.45, 2.75) is 18.9 Å². The Morgan fingerprint density at radius 2 is 2.13 bits per heavy atom. The lowest BCUT2D eigenvalue weighted by molar-refractivity contribution is -0.134. The Kier molecular flexibility index (Phi) is 6.17. The van der Waals surface area contributed by atoms with E-state index in [4.69, 9.17) is 0 Å². The van der Waals surface area contributed by atoms with Crippen LogP contribution in [0.2, 0.25) is 0 Å². The molecule has 0 aliphatic carbocycles. The van der Waals surface area contributed by atoms with Crippen LogP contribution in [0.15, 0.2) is 36.4 Å². The smallest absolute Gasteiger partial charge is 0.330 e. The SMILES string of the molecule is COC(=O)/C=C/CCNC(=O)c1ccc(N2CCC(O)C2)cc1. The third kappa shape index (κ3) is 5.10. The first-order chi connectivity index (χ1) is 11.1. The summed E-state index contributed by atoms with van der Waals surface area (Å²) in [6, 6.07) is 7.34. The maximum atomic E-state index is 12.0. The van der Waals surface area contributed by atoms with Crippen molar-refractivity contribution < 1.29 is 19.4 Å². The van der Waals surface area contributed by atoms with Crippen LogP contribution < -0.4 is 10.2 Å². The molecular formula is C17H22N2O4. The molecule has 0 spiro atoms. The molecule has 1 aromatic rings. The zero-order valence-electron chi connectivity index (χ0n) is 13.2. The molecule has 0 saturated carbocycles. The molecule has 1 heterocycles. The Hall–Kier alpha value is -2.34. The van der Waals surface area contributed by atoms with E-state index in [0.29, 0.717) is 25.1 Å². The van der Waals surface area contributed by atoms with Gasteiger partial charge in [0.05, 0.1) is 13.2 Å². The third-order valence-electron chi connectivity index (χ3n) is 3.71. The molecule has 1 aliphatic rings. The van der Waals surface area contributed by atoms with Crippen molar-refractivity contribution in [3.63, 3.8) is 0 Å². The highest BCUT2D eigenvalue weighted by molar-refractivity contribution is 5.94. The molecule has 2 N–H and O–H groups in total. The second-order valence-corrected chi connectivity index (χ2v) is 5.41. The summed E-state index contributed by atoms with van der Waals surface area (Å²) in [7, 11) is 1.32. The number of benzene rings is 1. The molecule has 6 heteroatoms. The minimum absolute atomic E-state index is 0.149. The molecule has 1 unspecified atom stereocenters. The lowest BCUT2D eigenvalue weighted by atomic mass is 10.2. The number of hydrogen-bond acceptors (Lipinski definition) is 5. The molecule has 1 aliphatic heterocycles. The fourth-order valence-electron chi connectivity index (χ4n) is 2.42. The van der Waals surface area contributed by atoms with Crippen molar-refractivity contribution in [2.24, 2.45) is 0 Å². The third-order valence-corrected chi connectivity index (χ3v) is 3.71. The number of hydrogen-bond donors (Lipinski definition) is 2. The monoisotopic (exact) mass is 318 g/mol. The predicted molar refractivity (Wildman–Crippen MR) is 87.4 cm³/mol. The molecule has 0 radical (unpaired) electrons. The topological polar surface area (TPSA) is 78.9 Å². The standard InChI is InChI=1S/C17H22N2O4/c1-23-16(21)4-2-3-10-18-17(22)13-5-7-14(8-6-13)19-11-9-15(20)12-19/h2,4-8,15,20H,3,9-12H2,1H3,(H,18,22)/b4-2+. The van der Waals surface area contributed by atoms with Gasteiger partial charge < -0.3 is 20.1 Å². The van der Waals surface area contributed by atoms with Gasteiger partial charge in [0.1, 0.15) is 0 Å². The fourth-order valence-corrected chi connectivity index (χ4v) is 2.42. The summed E-state index contributed by atoms with van der Waals surface area (Å²) in [5.74, 6) is -0.552. The molecule has 6 nitrogen and oxygen atoms in total. The summed E-state index contributed by atoms with van der Waals surface area (Å²) in [5, 5.41) is 12.3. The van der Waals surface area contributed by atoms with Crippen LogP contribution in [0.3, 0.4) is 0 Å². The number of esters is 1. The zero-order chi connectivity index (χ0) is 16.7. The average Bonchev–Trinajstić information content (AvgIpc) is 3.00. The van der Waals surface area contributed by atoms with Gasteiger partial charge in [0.2, 0.25) is 0 Å². The van der Waals surface area contributed by atoms with Gasteiger partial charge in [-0.05, 0) is 37.1 Å². The largest absolute Gasteiger partial charge is 0.466 e. The van der Waals surface area contributed by atoms with Gasteiger partial charge in [-0.2, -0.15) is 0 Å². The van der Waals surface area contributed by atoms with Crippen LogP contribution in [-0.2, 0) is 9.53 Å². The summed E-state index contributed by atoms with van der Waals surface area (Å²) >= 11 is 0. The van der Waals surface area contributed by atoms with E-state index in [1.807, 2.05) is 12.1 Å². The van der Waals surface area contributed by atoms with E-state index in [1.165, 1.54) is 13.2 Å². The first kappa shape index (κ1) is 17.0. The normalized spacial score (nSPS) is 17.5. The van der Waals surface area contributed by atoms with Gasteiger partial charge >= 0.3 is 5.97 Å². The number of β-amino-alcohol motifs (C(OH)–C–C–N with tert-alkyl or cyclic N) is 1. The second kappa shape index (κ2) is 8.33. The maximum absolute atomic E-state index is 12.0. The molecule has 0 aromatic heterocycles. The maximum Gasteiger partial charge on any atom is 0.330 e. The number of nitrogens with zero attached hydrogens (tertiary/aromatic N) is 1. The number of rotatable bonds is 6. The molecule has 1 atom stereocenters. The van der Waals surface area contributed by atoms with Crippen molar-refractivity contribution >= 4 is 17.6 Å². The zero-order valence-corrected chi connectivity index (χ0v) is 13.2. The van der Waals surface area contributed by atoms with E-state index >= 15 is 0 Å². The molecule has 1 aromatic carbocycles. The molecular weight excluding hydrogens is 296 g/mol. The van der Waals surface area contributed by atoms with Gasteiger partial charge in [-0.25, -0.2) is 4.79 Å². The lowest BCUT2D eigenvalue weighted by Crippen LogP contribution is -2.24. The number of aliphatic hydroxyl groups is 1. The summed E-state index contributed by atoms with van der Waals surface area (Å²) in [4.78, 5) is 25.0. The molecule has 2 rings (SSSR count). The second-order valence-electron chi connectivity index (χ2n) is 5.41. The quantitative estimate of drug-likeness (QED) is 0.467. The van der Waals surface area contributed by atoms with Gasteiger partial charge in [0.15, 0.2) is 0 Å². The highest BCUT2D eigenvalue weighted by Gasteiger charge is 2.20. The van der Waals surface area contributed by atoms with Crippen LogP contribution in [0, 0.1) is 0 Å². The number of nitrogens with one attached hydrogen (secondary N) is 1. The van der Waals surface area contributed by atoms with Crippen LogP contribution in [0.25, 0.3) is 0 Å². The van der Waals surface area contributed by atoms with Crippen LogP contribution >= 0.6 is 0 Å². The van der Waals surface area contributed by atoms with E-state index in [0.717, 1.165) is 18.7 Å². The minimum Gasteiger partial charge on any atom is -0.466 e. The number of ether oxygens (including phenoxy) is 1. The van der Waals surface area contributed by atoms with Crippen molar-refractivity contribution in [1.82, 2.24) is 5.32 Å². The van der Waals surface area contributed by atoms with E-state index < -0.39 is 5.97 Å². The van der Waals surface area contributed by atoms with E-state index in [1.54, 1.807) is 18.2 Å². The minimum atomic E-state index is -0.404. The highest BCUT2D eigenvalue weighted by atomic mass is 16.5. The molecule has 1 amide bonds. The molecule has 1 saturated heterocycles. The number of carbonyl (C=O) groups is 2. The van der Waals surface area contributed by atoms with Crippen molar-refractivity contribution in [3.8, 4) is 0 Å². The first-order valence-corrected chi connectivity index (χ1v) is 7.66. The molecule has 23 heavy (non-hydrogen) atoms. The van der Waals surface area contributed by atoms with Crippen LogP contribution in [0.1, 0.15) is 23.2 Å². The molecule has 1 fully saturated rings. The number of methoxy groups -OCH3 is 1. The number of anilines is 1. The fraction of sp³-hybridized carbons (Fsp3) is 0.412. The summed E-state index contributed by atoms with van der Waals surface area (Å²) in [6.45, 7) is 1.92. The van der Waals surface area contributed by atoms with E-state index in [9.17, 15) is 14.7 Å². The van der Waals surface area contributed by atoms with Gasteiger partial charge in [0.25, 0.3) is 5.91 Å². The highest BCUT2D eigenvalue weighted by Crippen LogP contribution is 2.20. The van der Waals surface area contributed by atoms with Gasteiger partial charge in [-0.3, -0.25) is 4.79 Å². The van der Waals surface area contributed by atoms with E-state index in [-0.39, 0.29) is 12.0 Å². The Balaban J connectivity index is 1.79. The summed E-state index contributed by atoms with van der Waals surface area (Å²) in [5.41, 5.74) is 1.60. The number of aliphatic hydroxyl groups excluding tert-OH is 1. The van der Waals surface area contributed by atoms with E-state index in [2.05, 4.69) is 15.0 Å². The van der Waals surface area contributed by atoms with Crippen molar-refractivity contribution in [2.75, 3.05) is 31.6 Å². The summed E-state index contributed by atoms with van der Waals surface area (Å²) in [6.07, 6.45) is 4.07. The average molecular weight is 318 g/mol. The Labute approximate surface area is 135 Å². The summed E-state index contributed by atoms with van der Waals surface area (Å²) < 4.78 is 4.47. The Morgan fingerprint density at radius 1 is 1.39 bits per heavy atom. The first-order valence-electron chi connectivity index (χ1n) is 7.66. The lowest BCUT2D eigenvalue weighted by Gasteiger charge is -2.17. The van der Waals surface area contributed by atoms with Crippen molar-refractivity contribution in [3.05, 3.63) is 42.0 Å².